The molecule has 2 saturated heterocycles. The van der Waals surface area contributed by atoms with Gasteiger partial charge in [0.1, 0.15) is 5.75 Å². The van der Waals surface area contributed by atoms with Crippen molar-refractivity contribution in [2.24, 2.45) is 11.3 Å². The molecule has 4 nitrogen and oxygen atoms in total. The highest BCUT2D eigenvalue weighted by molar-refractivity contribution is 6.31. The Morgan fingerprint density at radius 3 is 2.53 bits per heavy atom. The summed E-state index contributed by atoms with van der Waals surface area (Å²) in [5.74, 6) is 1.65. The summed E-state index contributed by atoms with van der Waals surface area (Å²) >= 11 is 6.25. The minimum atomic E-state index is 0.125. The van der Waals surface area contributed by atoms with Crippen LogP contribution in [0, 0.1) is 18.3 Å². The van der Waals surface area contributed by atoms with Crippen LogP contribution in [0.3, 0.4) is 0 Å². The van der Waals surface area contributed by atoms with Crippen molar-refractivity contribution < 1.29 is 9.53 Å². The number of rotatable bonds is 6. The molecule has 0 radical (unpaired) electrons. The topological polar surface area (TPSA) is 32.8 Å². The molecule has 0 aliphatic carbocycles. The van der Waals surface area contributed by atoms with E-state index in [1.165, 1.54) is 5.56 Å². The Hall–Kier alpha value is -2.04. The van der Waals surface area contributed by atoms with E-state index in [1.54, 1.807) is 0 Å². The molecule has 4 rings (SSSR count). The molecule has 0 aromatic heterocycles. The fourth-order valence-corrected chi connectivity index (χ4v) is 5.16. The van der Waals surface area contributed by atoms with Gasteiger partial charge in [-0.25, -0.2) is 0 Å². The number of hydrogen-bond acceptors (Lipinski definition) is 3. The standard InChI is InChI=1S/C27H35ClN2O2/c1-20(2)18-32-25-10-5-4-7-22(25)17-29-14-11-27(12-15-29)13-16-30(19-27)26(31)23-8-6-9-24(28)21(23)3/h4-10,20H,11-19H2,1-3H3. The Bertz CT molecular complexity index is 950. The van der Waals surface area contributed by atoms with E-state index < -0.39 is 0 Å². The normalized spacial score (nSPS) is 18.5. The zero-order chi connectivity index (χ0) is 22.7. The van der Waals surface area contributed by atoms with Crippen molar-refractivity contribution in [1.29, 1.82) is 0 Å². The molecule has 0 saturated carbocycles. The third kappa shape index (κ3) is 5.13. The first-order valence-corrected chi connectivity index (χ1v) is 12.2. The van der Waals surface area contributed by atoms with Crippen molar-refractivity contribution in [1.82, 2.24) is 9.80 Å². The lowest BCUT2D eigenvalue weighted by Gasteiger charge is -2.39. The number of carbonyl (C=O) groups is 1. The van der Waals surface area contributed by atoms with Gasteiger partial charge in [0, 0.05) is 35.8 Å². The Morgan fingerprint density at radius 1 is 1.06 bits per heavy atom. The van der Waals surface area contributed by atoms with Crippen LogP contribution in [0.2, 0.25) is 5.02 Å². The summed E-state index contributed by atoms with van der Waals surface area (Å²) < 4.78 is 6.05. The van der Waals surface area contributed by atoms with Crippen molar-refractivity contribution in [3.8, 4) is 5.75 Å². The number of hydrogen-bond donors (Lipinski definition) is 0. The molecule has 2 aromatic rings. The lowest BCUT2D eigenvalue weighted by molar-refractivity contribution is 0.0712. The second-order valence-corrected chi connectivity index (χ2v) is 10.4. The number of ether oxygens (including phenoxy) is 1. The Labute approximate surface area is 197 Å². The van der Waals surface area contributed by atoms with E-state index in [1.807, 2.05) is 30.0 Å². The maximum absolute atomic E-state index is 13.1. The third-order valence-corrected chi connectivity index (χ3v) is 7.49. The summed E-state index contributed by atoms with van der Waals surface area (Å²) in [7, 11) is 0. The zero-order valence-corrected chi connectivity index (χ0v) is 20.3. The highest BCUT2D eigenvalue weighted by Crippen LogP contribution is 2.41. The van der Waals surface area contributed by atoms with Crippen molar-refractivity contribution >= 4 is 17.5 Å². The van der Waals surface area contributed by atoms with Gasteiger partial charge >= 0.3 is 0 Å². The summed E-state index contributed by atoms with van der Waals surface area (Å²) in [4.78, 5) is 17.7. The predicted octanol–water partition coefficient (Wildman–Crippen LogP) is 5.81. The molecule has 2 aromatic carbocycles. The van der Waals surface area contributed by atoms with E-state index in [0.717, 1.165) is 75.5 Å². The van der Waals surface area contributed by atoms with Crippen LogP contribution in [-0.4, -0.2) is 48.5 Å². The SMILES string of the molecule is Cc1c(Cl)cccc1C(=O)N1CCC2(CCN(Cc3ccccc3OCC(C)C)CC2)C1. The predicted molar refractivity (Wildman–Crippen MR) is 130 cm³/mol. The molecule has 0 atom stereocenters. The van der Waals surface area contributed by atoms with E-state index in [4.69, 9.17) is 16.3 Å². The maximum atomic E-state index is 13.1. The minimum Gasteiger partial charge on any atom is -0.493 e. The summed E-state index contributed by atoms with van der Waals surface area (Å²) in [6.07, 6.45) is 3.38. The molecule has 2 aliphatic heterocycles. The van der Waals surface area contributed by atoms with Gasteiger partial charge in [0.05, 0.1) is 6.61 Å². The first-order valence-electron chi connectivity index (χ1n) is 11.8. The van der Waals surface area contributed by atoms with Crippen molar-refractivity contribution in [3.63, 3.8) is 0 Å². The van der Waals surface area contributed by atoms with Crippen LogP contribution in [0.25, 0.3) is 0 Å². The van der Waals surface area contributed by atoms with E-state index in [0.29, 0.717) is 10.9 Å². The van der Waals surface area contributed by atoms with E-state index in [-0.39, 0.29) is 11.3 Å². The number of likely N-dealkylation sites (tertiary alicyclic amines) is 2. The lowest BCUT2D eigenvalue weighted by Crippen LogP contribution is -2.42. The molecule has 2 fully saturated rings. The maximum Gasteiger partial charge on any atom is 0.254 e. The second-order valence-electron chi connectivity index (χ2n) is 9.98. The molecular formula is C27H35ClN2O2. The number of piperidine rings is 1. The quantitative estimate of drug-likeness (QED) is 0.552. The molecule has 0 N–H and O–H groups in total. The van der Waals surface area contributed by atoms with Crippen LogP contribution >= 0.6 is 11.6 Å². The van der Waals surface area contributed by atoms with Gasteiger partial charge in [-0.2, -0.15) is 0 Å². The Morgan fingerprint density at radius 2 is 1.78 bits per heavy atom. The van der Waals surface area contributed by atoms with Gasteiger partial charge in [0.25, 0.3) is 5.91 Å². The molecule has 1 amide bonds. The number of amides is 1. The van der Waals surface area contributed by atoms with Crippen molar-refractivity contribution in [2.75, 3.05) is 32.8 Å². The molecule has 1 spiro atoms. The fraction of sp³-hybridized carbons (Fsp3) is 0.519. The van der Waals surface area contributed by atoms with Crippen LogP contribution in [0.1, 0.15) is 54.6 Å². The molecular weight excluding hydrogens is 420 g/mol. The van der Waals surface area contributed by atoms with Gasteiger partial charge in [0.15, 0.2) is 0 Å². The van der Waals surface area contributed by atoms with Crippen molar-refractivity contribution in [2.45, 2.75) is 46.6 Å². The van der Waals surface area contributed by atoms with E-state index >= 15 is 0 Å². The molecule has 2 heterocycles. The Balaban J connectivity index is 1.34. The fourth-order valence-electron chi connectivity index (χ4n) is 4.98. The van der Waals surface area contributed by atoms with Crippen LogP contribution in [0.15, 0.2) is 42.5 Å². The summed E-state index contributed by atoms with van der Waals surface area (Å²) in [5, 5.41) is 0.663. The van der Waals surface area contributed by atoms with Crippen LogP contribution in [0.5, 0.6) is 5.75 Å². The van der Waals surface area contributed by atoms with Crippen LogP contribution in [0.4, 0.5) is 0 Å². The first kappa shape index (κ1) is 23.1. The van der Waals surface area contributed by atoms with E-state index in [2.05, 4.69) is 43.0 Å². The lowest BCUT2D eigenvalue weighted by atomic mass is 9.77. The van der Waals surface area contributed by atoms with Gasteiger partial charge in [-0.3, -0.25) is 9.69 Å². The summed E-state index contributed by atoms with van der Waals surface area (Å²) in [5.41, 5.74) is 3.15. The average Bonchev–Trinajstić information content (AvgIpc) is 3.20. The molecule has 0 unspecified atom stereocenters. The number of nitrogens with zero attached hydrogens (tertiary/aromatic N) is 2. The molecule has 5 heteroatoms. The summed E-state index contributed by atoms with van der Waals surface area (Å²) in [6.45, 7) is 11.8. The van der Waals surface area contributed by atoms with Crippen LogP contribution in [-0.2, 0) is 6.54 Å². The van der Waals surface area contributed by atoms with Crippen LogP contribution < -0.4 is 4.74 Å². The second kappa shape index (κ2) is 9.84. The van der Waals surface area contributed by atoms with E-state index in [9.17, 15) is 4.79 Å². The molecule has 172 valence electrons. The third-order valence-electron chi connectivity index (χ3n) is 7.08. The number of halogens is 1. The molecule has 32 heavy (non-hydrogen) atoms. The Kier molecular flexibility index (Phi) is 7.11. The largest absolute Gasteiger partial charge is 0.493 e. The van der Waals surface area contributed by atoms with Gasteiger partial charge in [-0.15, -0.1) is 0 Å². The molecule has 0 bridgehead atoms. The van der Waals surface area contributed by atoms with Gasteiger partial charge < -0.3 is 9.64 Å². The number of para-hydroxylation sites is 1. The smallest absolute Gasteiger partial charge is 0.254 e. The molecule has 2 aliphatic rings. The highest BCUT2D eigenvalue weighted by Gasteiger charge is 2.42. The average molecular weight is 455 g/mol. The monoisotopic (exact) mass is 454 g/mol. The highest BCUT2D eigenvalue weighted by atomic mass is 35.5. The minimum absolute atomic E-state index is 0.125. The van der Waals surface area contributed by atoms with Gasteiger partial charge in [-0.05, 0) is 74.4 Å². The number of carbonyl (C=O) groups excluding carboxylic acids is 1. The number of benzene rings is 2. The van der Waals surface area contributed by atoms with Crippen molar-refractivity contribution in [3.05, 3.63) is 64.2 Å². The summed E-state index contributed by atoms with van der Waals surface area (Å²) in [6, 6.07) is 14.0. The first-order chi connectivity index (χ1) is 15.4. The zero-order valence-electron chi connectivity index (χ0n) is 19.6. The van der Waals surface area contributed by atoms with Gasteiger partial charge in [0.2, 0.25) is 0 Å². The van der Waals surface area contributed by atoms with Gasteiger partial charge in [-0.1, -0.05) is 49.7 Å².